The number of para-hydroxylation sites is 2. The first-order chi connectivity index (χ1) is 25.8. The summed E-state index contributed by atoms with van der Waals surface area (Å²) in [5, 5.41) is 0. The third kappa shape index (κ3) is 5.71. The van der Waals surface area contributed by atoms with Gasteiger partial charge in [0.15, 0.2) is 0 Å². The number of benzene rings is 7. The third-order valence-electron chi connectivity index (χ3n) is 12.1. The zero-order chi connectivity index (χ0) is 36.2. The Morgan fingerprint density at radius 3 is 1.43 bits per heavy atom. The quantitative estimate of drug-likeness (QED) is 0.146. The van der Waals surface area contributed by atoms with E-state index in [9.17, 15) is 0 Å². The van der Waals surface area contributed by atoms with E-state index in [1.54, 1.807) is 0 Å². The molecule has 1 unspecified atom stereocenters. The predicted molar refractivity (Wildman–Crippen MR) is 224 cm³/mol. The molecule has 1 heteroatoms. The summed E-state index contributed by atoms with van der Waals surface area (Å²) < 4.78 is 0. The molecule has 260 valence electrons. The minimum Gasteiger partial charge on any atom is -0.310 e. The molecule has 0 aliphatic heterocycles. The molecule has 53 heavy (non-hydrogen) atoms. The lowest BCUT2D eigenvalue weighted by atomic mass is 9.72. The van der Waals surface area contributed by atoms with Crippen LogP contribution >= 0.6 is 0 Å². The van der Waals surface area contributed by atoms with Crippen LogP contribution in [0.5, 0.6) is 0 Å². The minimum atomic E-state index is -0.168. The van der Waals surface area contributed by atoms with Crippen molar-refractivity contribution in [3.8, 4) is 22.3 Å². The van der Waals surface area contributed by atoms with E-state index in [0.717, 1.165) is 30.6 Å². The van der Waals surface area contributed by atoms with Gasteiger partial charge in [0.1, 0.15) is 0 Å². The van der Waals surface area contributed by atoms with Gasteiger partial charge in [0.2, 0.25) is 0 Å². The van der Waals surface area contributed by atoms with Crippen LogP contribution < -0.4 is 4.90 Å². The molecule has 0 radical (unpaired) electrons. The van der Waals surface area contributed by atoms with E-state index in [2.05, 4.69) is 202 Å². The van der Waals surface area contributed by atoms with E-state index in [4.69, 9.17) is 0 Å². The van der Waals surface area contributed by atoms with E-state index >= 15 is 0 Å². The van der Waals surface area contributed by atoms with Crippen LogP contribution in [0.3, 0.4) is 0 Å². The first-order valence-corrected chi connectivity index (χ1v) is 19.3. The maximum Gasteiger partial charge on any atom is 0.0465 e. The van der Waals surface area contributed by atoms with Gasteiger partial charge in [0.25, 0.3) is 0 Å². The first-order valence-electron chi connectivity index (χ1n) is 19.3. The van der Waals surface area contributed by atoms with Crippen molar-refractivity contribution in [2.24, 2.45) is 0 Å². The number of hydrogen-bond donors (Lipinski definition) is 0. The number of rotatable bonds is 9. The number of aryl methyl sites for hydroxylation is 1. The highest BCUT2D eigenvalue weighted by Gasteiger charge is 2.46. The Balaban J connectivity index is 1.11. The lowest BCUT2D eigenvalue weighted by Crippen LogP contribution is -2.24. The highest BCUT2D eigenvalue weighted by atomic mass is 15.1. The Bertz CT molecular complexity index is 2370. The minimum absolute atomic E-state index is 0.134. The van der Waals surface area contributed by atoms with Crippen molar-refractivity contribution in [1.82, 2.24) is 0 Å². The molecule has 0 fully saturated rings. The van der Waals surface area contributed by atoms with Crippen LogP contribution in [0.4, 0.5) is 17.1 Å². The van der Waals surface area contributed by atoms with Crippen molar-refractivity contribution in [2.45, 2.75) is 63.7 Å². The van der Waals surface area contributed by atoms with Crippen LogP contribution in [0, 0.1) is 0 Å². The molecule has 1 nitrogen and oxygen atoms in total. The molecule has 2 aliphatic rings. The summed E-state index contributed by atoms with van der Waals surface area (Å²) in [6, 6.07) is 62.9. The van der Waals surface area contributed by atoms with Crippen molar-refractivity contribution in [3.63, 3.8) is 0 Å². The molecule has 0 saturated heterocycles. The molecule has 0 spiro atoms. The van der Waals surface area contributed by atoms with Gasteiger partial charge in [0.05, 0.1) is 0 Å². The zero-order valence-corrected chi connectivity index (χ0v) is 31.3. The van der Waals surface area contributed by atoms with Crippen LogP contribution in [0.2, 0.25) is 0 Å². The molecular weight excluding hydrogens is 639 g/mol. The second-order valence-corrected chi connectivity index (χ2v) is 16.1. The average Bonchev–Trinajstić information content (AvgIpc) is 3.56. The second kappa shape index (κ2) is 13.1. The van der Waals surface area contributed by atoms with Gasteiger partial charge in [-0.15, -0.1) is 0 Å². The van der Waals surface area contributed by atoms with Gasteiger partial charge in [-0.25, -0.2) is 0 Å². The lowest BCUT2D eigenvalue weighted by molar-refractivity contribution is 0.595. The van der Waals surface area contributed by atoms with Crippen molar-refractivity contribution in [2.75, 3.05) is 4.90 Å². The Labute approximate surface area is 315 Å². The molecule has 0 aromatic heterocycles. The summed E-state index contributed by atoms with van der Waals surface area (Å²) in [7, 11) is 0. The van der Waals surface area contributed by atoms with E-state index in [1.165, 1.54) is 66.9 Å². The van der Waals surface area contributed by atoms with Crippen LogP contribution in [0.15, 0.2) is 170 Å². The van der Waals surface area contributed by atoms with E-state index in [-0.39, 0.29) is 10.8 Å². The van der Waals surface area contributed by atoms with Gasteiger partial charge in [-0.05, 0) is 123 Å². The molecule has 9 rings (SSSR count). The molecule has 0 amide bonds. The maximum absolute atomic E-state index is 2.57. The van der Waals surface area contributed by atoms with Gasteiger partial charge >= 0.3 is 0 Å². The number of hydrogen-bond acceptors (Lipinski definition) is 1. The fourth-order valence-electron chi connectivity index (χ4n) is 9.48. The van der Waals surface area contributed by atoms with Crippen LogP contribution in [0.1, 0.15) is 79.0 Å². The van der Waals surface area contributed by atoms with Gasteiger partial charge in [0, 0.05) is 27.9 Å². The summed E-state index contributed by atoms with van der Waals surface area (Å²) in [4.78, 5) is 2.38. The Hall–Kier alpha value is -5.66. The molecule has 1 atom stereocenters. The molecule has 0 bridgehead atoms. The van der Waals surface area contributed by atoms with E-state index < -0.39 is 0 Å². The largest absolute Gasteiger partial charge is 0.310 e. The highest BCUT2D eigenvalue weighted by Crippen LogP contribution is 2.59. The highest BCUT2D eigenvalue weighted by molar-refractivity contribution is 5.92. The van der Waals surface area contributed by atoms with Crippen LogP contribution in [-0.2, 0) is 23.7 Å². The third-order valence-corrected chi connectivity index (χ3v) is 12.1. The molecule has 7 aromatic carbocycles. The lowest BCUT2D eigenvalue weighted by Gasteiger charge is -2.31. The van der Waals surface area contributed by atoms with E-state index in [0.29, 0.717) is 5.92 Å². The molecule has 0 heterocycles. The smallest absolute Gasteiger partial charge is 0.0465 e. The van der Waals surface area contributed by atoms with Gasteiger partial charge in [-0.2, -0.15) is 0 Å². The molecule has 2 aliphatic carbocycles. The van der Waals surface area contributed by atoms with Crippen LogP contribution in [-0.4, -0.2) is 0 Å². The molecule has 0 saturated carbocycles. The Morgan fingerprint density at radius 2 is 0.887 bits per heavy atom. The van der Waals surface area contributed by atoms with Crippen LogP contribution in [0.25, 0.3) is 22.3 Å². The first kappa shape index (κ1) is 33.2. The SMILES string of the molecule is CC1(C)c2cc(C(CCc3ccccc3)Cc3ccccc3)ccc2-c2ccc3c(c21)C(C)(C)c1cc(N(c2ccccc2)c2ccccc2)ccc1-3. The summed E-state index contributed by atoms with van der Waals surface area (Å²) in [6.45, 7) is 9.83. The summed E-state index contributed by atoms with van der Waals surface area (Å²) in [5.41, 5.74) is 18.8. The van der Waals surface area contributed by atoms with Crippen molar-refractivity contribution in [3.05, 3.63) is 209 Å². The van der Waals surface area contributed by atoms with Gasteiger partial charge < -0.3 is 4.90 Å². The normalized spacial score (nSPS) is 14.9. The Kier molecular flexibility index (Phi) is 8.19. The second-order valence-electron chi connectivity index (χ2n) is 16.1. The van der Waals surface area contributed by atoms with Gasteiger partial charge in [-0.1, -0.05) is 161 Å². The van der Waals surface area contributed by atoms with Crippen molar-refractivity contribution in [1.29, 1.82) is 0 Å². The maximum atomic E-state index is 2.57. The standard InChI is InChI=1S/C52H47N/c1-51(2)47-34-39(38(33-37-19-11-6-12-20-37)26-25-36-17-9-5-10-18-36)27-29-43(47)45-31-32-46-44-30-28-42(35-48(44)52(3,4)50(46)49(45)51)53(40-21-13-7-14-22-40)41-23-15-8-16-24-41/h5-24,27-32,34-35,38H,25-26,33H2,1-4H3. The fourth-order valence-corrected chi connectivity index (χ4v) is 9.48. The summed E-state index contributed by atoms with van der Waals surface area (Å²) >= 11 is 0. The fraction of sp³-hybridized carbons (Fsp3) is 0.192. The number of anilines is 3. The molecule has 0 N–H and O–H groups in total. The number of fused-ring (bicyclic) bond motifs is 7. The number of nitrogens with zero attached hydrogens (tertiary/aromatic N) is 1. The molecule has 7 aromatic rings. The monoisotopic (exact) mass is 685 g/mol. The topological polar surface area (TPSA) is 3.24 Å². The predicted octanol–water partition coefficient (Wildman–Crippen LogP) is 13.7. The zero-order valence-electron chi connectivity index (χ0n) is 31.3. The van der Waals surface area contributed by atoms with Crippen molar-refractivity contribution >= 4 is 17.1 Å². The van der Waals surface area contributed by atoms with Crippen molar-refractivity contribution < 1.29 is 0 Å². The van der Waals surface area contributed by atoms with E-state index in [1.807, 2.05) is 0 Å². The van der Waals surface area contributed by atoms with Gasteiger partial charge in [-0.3, -0.25) is 0 Å². The Morgan fingerprint density at radius 1 is 0.434 bits per heavy atom. The summed E-state index contributed by atoms with van der Waals surface area (Å²) in [5.74, 6) is 0.435. The average molecular weight is 686 g/mol. The molecular formula is C52H47N. The summed E-state index contributed by atoms with van der Waals surface area (Å²) in [6.07, 6.45) is 3.24.